The first-order valence-corrected chi connectivity index (χ1v) is 9.73. The van der Waals surface area contributed by atoms with E-state index in [-0.39, 0.29) is 9.92 Å². The summed E-state index contributed by atoms with van der Waals surface area (Å²) in [5.74, 6) is 0. The Morgan fingerprint density at radius 3 is 2.23 bits per heavy atom. The highest BCUT2D eigenvalue weighted by molar-refractivity contribution is 7.91. The van der Waals surface area contributed by atoms with Gasteiger partial charge in [0, 0.05) is 5.39 Å². The molecule has 0 aliphatic heterocycles. The van der Waals surface area contributed by atoms with Gasteiger partial charge in [0.1, 0.15) is 5.60 Å². The summed E-state index contributed by atoms with van der Waals surface area (Å²) < 4.78 is 32.9. The van der Waals surface area contributed by atoms with E-state index in [4.69, 9.17) is 4.74 Å². The highest BCUT2D eigenvalue weighted by Crippen LogP contribution is 2.29. The van der Waals surface area contributed by atoms with Gasteiger partial charge in [-0.15, -0.1) is 0 Å². The van der Waals surface area contributed by atoms with Gasteiger partial charge in [0.15, 0.2) is 5.03 Å². The Morgan fingerprint density at radius 2 is 1.62 bits per heavy atom. The lowest BCUT2D eigenvalue weighted by Gasteiger charge is -2.21. The highest BCUT2D eigenvalue weighted by Gasteiger charge is 2.29. The third-order valence-corrected chi connectivity index (χ3v) is 5.60. The molecule has 26 heavy (non-hydrogen) atoms. The number of hydrogen-bond acceptors (Lipinski definition) is 4. The maximum atomic E-state index is 13.2. The van der Waals surface area contributed by atoms with Crippen LogP contribution in [0.3, 0.4) is 0 Å². The maximum Gasteiger partial charge on any atom is 0.420 e. The number of para-hydroxylation sites is 1. The van der Waals surface area contributed by atoms with Gasteiger partial charge in [0.25, 0.3) is 0 Å². The van der Waals surface area contributed by atoms with Gasteiger partial charge in [-0.25, -0.2) is 17.8 Å². The van der Waals surface area contributed by atoms with Crippen LogP contribution in [0.4, 0.5) is 4.79 Å². The minimum atomic E-state index is -3.89. The van der Waals surface area contributed by atoms with Crippen molar-refractivity contribution < 1.29 is 17.9 Å². The SMILES string of the molecule is Cc1ccc(S(=O)(=O)c2cc3ccccc3n2C(=O)OC(C)(C)C)cc1. The van der Waals surface area contributed by atoms with E-state index in [0.29, 0.717) is 10.9 Å². The first-order valence-electron chi connectivity index (χ1n) is 8.25. The molecule has 1 heterocycles. The second kappa shape index (κ2) is 6.29. The molecular weight excluding hydrogens is 350 g/mol. The predicted molar refractivity (Wildman–Crippen MR) is 100 cm³/mol. The number of nitrogens with zero attached hydrogens (tertiary/aromatic N) is 1. The lowest BCUT2D eigenvalue weighted by Crippen LogP contribution is -2.28. The molecule has 1 aromatic heterocycles. The number of hydrogen-bond donors (Lipinski definition) is 0. The van der Waals surface area contributed by atoms with Crippen molar-refractivity contribution in [3.63, 3.8) is 0 Å². The standard InChI is InChI=1S/C20H21NO4S/c1-14-9-11-16(12-10-14)26(23,24)18-13-15-7-5-6-8-17(15)21(18)19(22)25-20(2,3)4/h5-13H,1-4H3. The Kier molecular flexibility index (Phi) is 4.40. The summed E-state index contributed by atoms with van der Waals surface area (Å²) in [5, 5.41) is 0.556. The van der Waals surface area contributed by atoms with E-state index >= 15 is 0 Å². The fraction of sp³-hybridized carbons (Fsp3) is 0.250. The molecular formula is C20H21NO4S. The number of fused-ring (bicyclic) bond motifs is 1. The molecule has 3 aromatic rings. The van der Waals surface area contributed by atoms with Gasteiger partial charge in [-0.1, -0.05) is 35.9 Å². The zero-order valence-corrected chi connectivity index (χ0v) is 16.0. The van der Waals surface area contributed by atoms with Crippen LogP contribution in [0.1, 0.15) is 26.3 Å². The maximum absolute atomic E-state index is 13.2. The Morgan fingerprint density at radius 1 is 1.00 bits per heavy atom. The average molecular weight is 371 g/mol. The van der Waals surface area contributed by atoms with Crippen molar-refractivity contribution in [1.29, 1.82) is 0 Å². The third kappa shape index (κ3) is 3.37. The molecule has 0 saturated carbocycles. The molecule has 0 bridgehead atoms. The van der Waals surface area contributed by atoms with E-state index < -0.39 is 21.5 Å². The molecule has 0 spiro atoms. The first-order chi connectivity index (χ1) is 12.1. The summed E-state index contributed by atoms with van der Waals surface area (Å²) in [7, 11) is -3.89. The van der Waals surface area contributed by atoms with E-state index in [9.17, 15) is 13.2 Å². The monoisotopic (exact) mass is 371 g/mol. The van der Waals surface area contributed by atoms with Crippen LogP contribution in [0.5, 0.6) is 0 Å². The van der Waals surface area contributed by atoms with E-state index in [1.54, 1.807) is 69.3 Å². The molecule has 0 saturated heterocycles. The molecule has 2 aromatic carbocycles. The van der Waals surface area contributed by atoms with Gasteiger partial charge < -0.3 is 4.74 Å². The number of rotatable bonds is 2. The Bertz CT molecular complexity index is 1070. The van der Waals surface area contributed by atoms with Crippen molar-refractivity contribution in [3.8, 4) is 0 Å². The van der Waals surface area contributed by atoms with Crippen LogP contribution in [0.15, 0.2) is 64.5 Å². The Hall–Kier alpha value is -2.60. The minimum Gasteiger partial charge on any atom is -0.443 e. The zero-order chi connectivity index (χ0) is 19.1. The van der Waals surface area contributed by atoms with Gasteiger partial charge in [-0.3, -0.25) is 0 Å². The number of benzene rings is 2. The topological polar surface area (TPSA) is 65.4 Å². The molecule has 0 aliphatic carbocycles. The van der Waals surface area contributed by atoms with Crippen molar-refractivity contribution in [3.05, 3.63) is 60.2 Å². The van der Waals surface area contributed by atoms with E-state index in [1.165, 1.54) is 6.07 Å². The average Bonchev–Trinajstić information content (AvgIpc) is 2.94. The zero-order valence-electron chi connectivity index (χ0n) is 15.2. The third-order valence-electron chi connectivity index (χ3n) is 3.86. The number of carbonyl (C=O) groups excluding carboxylic acids is 1. The summed E-state index contributed by atoms with van der Waals surface area (Å²) in [4.78, 5) is 12.9. The van der Waals surface area contributed by atoms with Crippen LogP contribution in [0.25, 0.3) is 10.9 Å². The Balaban J connectivity index is 2.24. The van der Waals surface area contributed by atoms with E-state index in [2.05, 4.69) is 0 Å². The van der Waals surface area contributed by atoms with Crippen molar-refractivity contribution in [2.75, 3.05) is 0 Å². The fourth-order valence-corrected chi connectivity index (χ4v) is 4.09. The number of sulfone groups is 1. The molecule has 0 atom stereocenters. The summed E-state index contributed by atoms with van der Waals surface area (Å²) in [6.45, 7) is 7.11. The van der Waals surface area contributed by atoms with Crippen molar-refractivity contribution in [1.82, 2.24) is 4.57 Å². The fourth-order valence-electron chi connectivity index (χ4n) is 2.66. The quantitative estimate of drug-likeness (QED) is 0.662. The summed E-state index contributed by atoms with van der Waals surface area (Å²) in [6, 6.07) is 15.1. The largest absolute Gasteiger partial charge is 0.443 e. The molecule has 0 unspecified atom stereocenters. The van der Waals surface area contributed by atoms with Gasteiger partial charge in [-0.2, -0.15) is 0 Å². The van der Waals surface area contributed by atoms with Crippen LogP contribution in [0, 0.1) is 6.92 Å². The Labute approximate surface area is 153 Å². The lowest BCUT2D eigenvalue weighted by molar-refractivity contribution is 0.0530. The molecule has 0 N–H and O–H groups in total. The summed E-state index contributed by atoms with van der Waals surface area (Å²) in [5.41, 5.74) is 0.706. The van der Waals surface area contributed by atoms with Gasteiger partial charge in [0.05, 0.1) is 10.4 Å². The van der Waals surface area contributed by atoms with Crippen molar-refractivity contribution in [2.24, 2.45) is 0 Å². The van der Waals surface area contributed by atoms with Crippen molar-refractivity contribution >= 4 is 26.8 Å². The molecule has 3 rings (SSSR count). The van der Waals surface area contributed by atoms with Crippen molar-refractivity contribution in [2.45, 2.75) is 43.2 Å². The number of aryl methyl sites for hydroxylation is 1. The van der Waals surface area contributed by atoms with Crippen LogP contribution in [-0.2, 0) is 14.6 Å². The highest BCUT2D eigenvalue weighted by atomic mass is 32.2. The first kappa shape index (κ1) is 18.2. The van der Waals surface area contributed by atoms with Gasteiger partial charge in [0.2, 0.25) is 9.84 Å². The summed E-state index contributed by atoms with van der Waals surface area (Å²) >= 11 is 0. The molecule has 6 heteroatoms. The lowest BCUT2D eigenvalue weighted by atomic mass is 10.2. The van der Waals surface area contributed by atoms with Crippen LogP contribution in [-0.4, -0.2) is 24.7 Å². The van der Waals surface area contributed by atoms with E-state index in [1.807, 2.05) is 6.92 Å². The molecule has 0 radical (unpaired) electrons. The van der Waals surface area contributed by atoms with E-state index in [0.717, 1.165) is 10.1 Å². The molecule has 0 aliphatic rings. The molecule has 0 amide bonds. The van der Waals surface area contributed by atoms with Crippen LogP contribution >= 0.6 is 0 Å². The molecule has 5 nitrogen and oxygen atoms in total. The summed E-state index contributed by atoms with van der Waals surface area (Å²) in [6.07, 6.45) is -0.718. The number of ether oxygens (including phenoxy) is 1. The second-order valence-electron chi connectivity index (χ2n) is 7.17. The second-order valence-corrected chi connectivity index (χ2v) is 9.07. The normalized spacial score (nSPS) is 12.3. The predicted octanol–water partition coefficient (Wildman–Crippen LogP) is 4.57. The molecule has 136 valence electrons. The number of carbonyl (C=O) groups is 1. The van der Waals surface area contributed by atoms with Crippen LogP contribution < -0.4 is 0 Å². The van der Waals surface area contributed by atoms with Gasteiger partial charge in [-0.05, 0) is 52.0 Å². The minimum absolute atomic E-state index is 0.100. The van der Waals surface area contributed by atoms with Gasteiger partial charge >= 0.3 is 6.09 Å². The smallest absolute Gasteiger partial charge is 0.420 e. The number of aromatic nitrogens is 1. The molecule has 0 fully saturated rings. The van der Waals surface area contributed by atoms with Crippen LogP contribution in [0.2, 0.25) is 0 Å².